The van der Waals surface area contributed by atoms with Crippen LogP contribution in [0, 0.1) is 11.7 Å². The lowest BCUT2D eigenvalue weighted by Gasteiger charge is -2.31. The number of likely N-dealkylation sites (tertiary alicyclic amines) is 1. The molecule has 0 saturated carbocycles. The summed E-state index contributed by atoms with van der Waals surface area (Å²) in [6.45, 7) is 8.03. The molecule has 5 nitrogen and oxygen atoms in total. The highest BCUT2D eigenvalue weighted by Crippen LogP contribution is 2.48. The third-order valence-electron chi connectivity index (χ3n) is 6.91. The van der Waals surface area contributed by atoms with E-state index in [1.807, 2.05) is 43.3 Å². The van der Waals surface area contributed by atoms with E-state index in [1.165, 1.54) is 18.6 Å². The van der Waals surface area contributed by atoms with E-state index in [4.69, 9.17) is 9.47 Å². The quantitative estimate of drug-likeness (QED) is 0.456. The van der Waals surface area contributed by atoms with Crippen LogP contribution in [0.3, 0.4) is 0 Å². The summed E-state index contributed by atoms with van der Waals surface area (Å²) in [6.07, 6.45) is 0.775. The summed E-state index contributed by atoms with van der Waals surface area (Å²) in [7, 11) is 0. The highest BCUT2D eigenvalue weighted by atomic mass is 19.1. The Labute approximate surface area is 205 Å². The van der Waals surface area contributed by atoms with Crippen LogP contribution < -0.4 is 9.47 Å². The molecule has 2 heterocycles. The van der Waals surface area contributed by atoms with E-state index in [2.05, 4.69) is 11.8 Å². The van der Waals surface area contributed by atoms with E-state index in [0.29, 0.717) is 17.9 Å². The van der Waals surface area contributed by atoms with Gasteiger partial charge < -0.3 is 19.7 Å². The minimum atomic E-state index is -0.694. The monoisotopic (exact) mass is 475 g/mol. The Hall–Kier alpha value is -3.51. The van der Waals surface area contributed by atoms with Crippen LogP contribution in [0.25, 0.3) is 11.1 Å². The summed E-state index contributed by atoms with van der Waals surface area (Å²) in [5.74, 6) is 1.01. The van der Waals surface area contributed by atoms with Crippen molar-refractivity contribution in [3.8, 4) is 23.0 Å². The number of halogens is 1. The SMILES string of the molecule is CC1=C(c2ccc(O)cc2)[C@@H](c2ccc(OCCN3CC[C@@H](C)C3)cc2)Oc2cc(O)c(F)cc21. The molecular weight excluding hydrogens is 445 g/mol. The van der Waals surface area contributed by atoms with Crippen LogP contribution in [0.1, 0.15) is 43.1 Å². The molecule has 0 aliphatic carbocycles. The highest BCUT2D eigenvalue weighted by Gasteiger charge is 2.30. The summed E-state index contributed by atoms with van der Waals surface area (Å²) in [5, 5.41) is 19.7. The van der Waals surface area contributed by atoms with Gasteiger partial charge in [-0.2, -0.15) is 0 Å². The van der Waals surface area contributed by atoms with Gasteiger partial charge in [-0.25, -0.2) is 4.39 Å². The van der Waals surface area contributed by atoms with Crippen molar-refractivity contribution in [3.05, 3.63) is 83.2 Å². The minimum Gasteiger partial charge on any atom is -0.508 e. The highest BCUT2D eigenvalue weighted by molar-refractivity contribution is 5.95. The van der Waals surface area contributed by atoms with Gasteiger partial charge in [0, 0.05) is 30.3 Å². The summed E-state index contributed by atoms with van der Waals surface area (Å²) in [5.41, 5.74) is 4.09. The van der Waals surface area contributed by atoms with E-state index >= 15 is 0 Å². The van der Waals surface area contributed by atoms with Gasteiger partial charge in [-0.1, -0.05) is 31.2 Å². The van der Waals surface area contributed by atoms with Gasteiger partial charge in [0.25, 0.3) is 0 Å². The Morgan fingerprint density at radius 2 is 1.80 bits per heavy atom. The predicted molar refractivity (Wildman–Crippen MR) is 134 cm³/mol. The summed E-state index contributed by atoms with van der Waals surface area (Å²) in [6, 6.07) is 17.3. The molecule has 0 aromatic heterocycles. The standard InChI is InChI=1S/C29H30FNO4/c1-18-11-12-31(17-18)13-14-34-23-9-5-21(6-10-23)29-28(20-3-7-22(32)8-4-20)19(2)24-15-25(30)26(33)16-27(24)35-29/h3-10,15-16,18,29,32-33H,11-14,17H2,1-2H3/t18-,29-/m1/s1. The first-order valence-electron chi connectivity index (χ1n) is 12.0. The topological polar surface area (TPSA) is 62.2 Å². The van der Waals surface area contributed by atoms with Gasteiger partial charge in [0.15, 0.2) is 11.6 Å². The van der Waals surface area contributed by atoms with Crippen LogP contribution in [-0.2, 0) is 0 Å². The van der Waals surface area contributed by atoms with Crippen molar-refractivity contribution in [2.24, 2.45) is 5.92 Å². The Kier molecular flexibility index (Phi) is 6.39. The number of hydrogen-bond acceptors (Lipinski definition) is 5. The molecule has 0 bridgehead atoms. The second-order valence-electron chi connectivity index (χ2n) is 9.50. The second kappa shape index (κ2) is 9.62. The number of phenols is 2. The number of allylic oxidation sites excluding steroid dienone is 1. The van der Waals surface area contributed by atoms with Crippen LogP contribution in [0.5, 0.6) is 23.0 Å². The molecule has 2 aliphatic rings. The molecule has 0 amide bonds. The van der Waals surface area contributed by atoms with Crippen molar-refractivity contribution >= 4 is 11.1 Å². The van der Waals surface area contributed by atoms with Crippen LogP contribution >= 0.6 is 0 Å². The summed E-state index contributed by atoms with van der Waals surface area (Å²) in [4.78, 5) is 2.43. The van der Waals surface area contributed by atoms with Crippen molar-refractivity contribution in [1.29, 1.82) is 0 Å². The first kappa shape index (κ1) is 23.2. The zero-order valence-electron chi connectivity index (χ0n) is 20.0. The summed E-state index contributed by atoms with van der Waals surface area (Å²) >= 11 is 0. The zero-order chi connectivity index (χ0) is 24.5. The third-order valence-corrected chi connectivity index (χ3v) is 6.91. The molecule has 6 heteroatoms. The molecule has 2 aliphatic heterocycles. The number of aromatic hydroxyl groups is 2. The lowest BCUT2D eigenvalue weighted by molar-refractivity contribution is 0.233. The van der Waals surface area contributed by atoms with Gasteiger partial charge in [0.1, 0.15) is 30.0 Å². The van der Waals surface area contributed by atoms with Crippen LogP contribution in [-0.4, -0.2) is 41.4 Å². The molecule has 1 saturated heterocycles. The largest absolute Gasteiger partial charge is 0.508 e. The molecule has 35 heavy (non-hydrogen) atoms. The van der Waals surface area contributed by atoms with Crippen molar-refractivity contribution < 1.29 is 24.1 Å². The van der Waals surface area contributed by atoms with E-state index in [-0.39, 0.29) is 5.75 Å². The van der Waals surface area contributed by atoms with E-state index in [9.17, 15) is 14.6 Å². The van der Waals surface area contributed by atoms with Crippen LogP contribution in [0.2, 0.25) is 0 Å². The minimum absolute atomic E-state index is 0.168. The van der Waals surface area contributed by atoms with Gasteiger partial charge in [0.2, 0.25) is 0 Å². The Morgan fingerprint density at radius 3 is 2.49 bits per heavy atom. The molecule has 0 unspecified atom stereocenters. The zero-order valence-corrected chi connectivity index (χ0v) is 20.0. The average Bonchev–Trinajstić information content (AvgIpc) is 3.26. The molecule has 0 radical (unpaired) electrons. The molecule has 2 N–H and O–H groups in total. The smallest absolute Gasteiger partial charge is 0.165 e. The molecule has 3 aromatic carbocycles. The van der Waals surface area contributed by atoms with Crippen molar-refractivity contribution in [2.75, 3.05) is 26.2 Å². The van der Waals surface area contributed by atoms with Crippen molar-refractivity contribution in [1.82, 2.24) is 4.90 Å². The molecule has 0 spiro atoms. The maximum absolute atomic E-state index is 14.2. The average molecular weight is 476 g/mol. The Morgan fingerprint density at radius 1 is 1.06 bits per heavy atom. The van der Waals surface area contributed by atoms with E-state index in [0.717, 1.165) is 53.6 Å². The van der Waals surface area contributed by atoms with Crippen LogP contribution in [0.4, 0.5) is 4.39 Å². The Bertz CT molecular complexity index is 1240. The van der Waals surface area contributed by atoms with Gasteiger partial charge in [-0.15, -0.1) is 0 Å². The van der Waals surface area contributed by atoms with E-state index < -0.39 is 17.7 Å². The lowest BCUT2D eigenvalue weighted by atomic mass is 9.86. The number of rotatable bonds is 6. The molecule has 5 rings (SSSR count). The predicted octanol–water partition coefficient (Wildman–Crippen LogP) is 6.02. The first-order valence-corrected chi connectivity index (χ1v) is 12.0. The molecule has 182 valence electrons. The summed E-state index contributed by atoms with van der Waals surface area (Å²) < 4.78 is 26.5. The maximum atomic E-state index is 14.2. The fourth-order valence-electron chi connectivity index (χ4n) is 4.97. The van der Waals surface area contributed by atoms with Crippen LogP contribution in [0.15, 0.2) is 60.7 Å². The van der Waals surface area contributed by atoms with Gasteiger partial charge in [-0.05, 0) is 72.8 Å². The third kappa shape index (κ3) is 4.84. The fourth-order valence-corrected chi connectivity index (χ4v) is 4.97. The maximum Gasteiger partial charge on any atom is 0.165 e. The normalized spacial score (nSPS) is 20.0. The number of ether oxygens (including phenoxy) is 2. The fraction of sp³-hybridized carbons (Fsp3) is 0.310. The number of benzene rings is 3. The molecule has 3 aromatic rings. The molecule has 1 fully saturated rings. The Balaban J connectivity index is 1.41. The van der Waals surface area contributed by atoms with Crippen molar-refractivity contribution in [2.45, 2.75) is 26.4 Å². The van der Waals surface area contributed by atoms with Gasteiger partial charge in [0.05, 0.1) is 0 Å². The number of hydrogen-bond donors (Lipinski definition) is 2. The lowest BCUT2D eigenvalue weighted by Crippen LogP contribution is -2.25. The molecular formula is C29H30FNO4. The van der Waals surface area contributed by atoms with Gasteiger partial charge in [-0.3, -0.25) is 4.90 Å². The van der Waals surface area contributed by atoms with E-state index in [1.54, 1.807) is 12.1 Å². The number of phenolic OH excluding ortho intramolecular Hbond substituents is 2. The van der Waals surface area contributed by atoms with Crippen molar-refractivity contribution in [3.63, 3.8) is 0 Å². The molecule has 2 atom stereocenters. The second-order valence-corrected chi connectivity index (χ2v) is 9.50. The first-order chi connectivity index (χ1) is 16.9. The number of fused-ring (bicyclic) bond motifs is 1. The number of nitrogens with zero attached hydrogens (tertiary/aromatic N) is 1. The van der Waals surface area contributed by atoms with Gasteiger partial charge >= 0.3 is 0 Å².